The Labute approximate surface area is 135 Å². The third-order valence-electron chi connectivity index (χ3n) is 3.44. The van der Waals surface area contributed by atoms with Crippen LogP contribution in [0.5, 0.6) is 11.5 Å². The smallest absolute Gasteiger partial charge is 0.228 e. The standard InChI is InChI=1S/C18H19NO4/c1-12-4-6-13(7-5-12)8-18(21)19-15-10-17(23-3)16(22-2)9-14(15)11-20/h4-7,9-11H,8H2,1-3H3,(H,19,21). The monoisotopic (exact) mass is 313 g/mol. The van der Waals surface area contributed by atoms with Gasteiger partial charge in [-0.15, -0.1) is 0 Å². The van der Waals surface area contributed by atoms with Crippen molar-refractivity contribution in [1.29, 1.82) is 0 Å². The minimum Gasteiger partial charge on any atom is -0.493 e. The largest absolute Gasteiger partial charge is 0.493 e. The molecule has 0 aliphatic heterocycles. The Kier molecular flexibility index (Phi) is 5.36. The van der Waals surface area contributed by atoms with E-state index in [-0.39, 0.29) is 12.3 Å². The average Bonchev–Trinajstić information content (AvgIpc) is 2.56. The van der Waals surface area contributed by atoms with Crippen LogP contribution in [0.4, 0.5) is 5.69 Å². The summed E-state index contributed by atoms with van der Waals surface area (Å²) in [6, 6.07) is 10.8. The minimum absolute atomic E-state index is 0.204. The number of benzene rings is 2. The lowest BCUT2D eigenvalue weighted by molar-refractivity contribution is -0.115. The molecule has 0 radical (unpaired) electrons. The molecule has 2 aromatic rings. The Morgan fingerprint density at radius 2 is 1.70 bits per heavy atom. The minimum atomic E-state index is -0.204. The first-order valence-electron chi connectivity index (χ1n) is 7.14. The SMILES string of the molecule is COc1cc(C=O)c(NC(=O)Cc2ccc(C)cc2)cc1OC. The highest BCUT2D eigenvalue weighted by atomic mass is 16.5. The maximum atomic E-state index is 12.2. The van der Waals surface area contributed by atoms with Crippen molar-refractivity contribution in [1.82, 2.24) is 0 Å². The van der Waals surface area contributed by atoms with E-state index in [1.54, 1.807) is 6.07 Å². The first-order valence-corrected chi connectivity index (χ1v) is 7.14. The average molecular weight is 313 g/mol. The number of hydrogen-bond acceptors (Lipinski definition) is 4. The molecule has 1 amide bonds. The Balaban J connectivity index is 2.19. The number of carbonyl (C=O) groups is 2. The number of ether oxygens (including phenoxy) is 2. The summed E-state index contributed by atoms with van der Waals surface area (Å²) in [7, 11) is 2.98. The molecular weight excluding hydrogens is 294 g/mol. The van der Waals surface area contributed by atoms with E-state index >= 15 is 0 Å². The van der Waals surface area contributed by atoms with Gasteiger partial charge in [0.2, 0.25) is 5.91 Å². The van der Waals surface area contributed by atoms with E-state index in [4.69, 9.17) is 9.47 Å². The van der Waals surface area contributed by atoms with Gasteiger partial charge in [-0.2, -0.15) is 0 Å². The highest BCUT2D eigenvalue weighted by Gasteiger charge is 2.13. The molecule has 0 atom stereocenters. The molecule has 0 saturated carbocycles. The lowest BCUT2D eigenvalue weighted by Gasteiger charge is -2.13. The van der Waals surface area contributed by atoms with E-state index < -0.39 is 0 Å². The summed E-state index contributed by atoms with van der Waals surface area (Å²) in [6.07, 6.45) is 0.899. The van der Waals surface area contributed by atoms with Gasteiger partial charge in [-0.1, -0.05) is 29.8 Å². The van der Waals surface area contributed by atoms with Crippen LogP contribution >= 0.6 is 0 Å². The van der Waals surface area contributed by atoms with Crippen molar-refractivity contribution in [3.63, 3.8) is 0 Å². The number of hydrogen-bond donors (Lipinski definition) is 1. The van der Waals surface area contributed by atoms with Crippen LogP contribution in [0.3, 0.4) is 0 Å². The van der Waals surface area contributed by atoms with Gasteiger partial charge in [0.1, 0.15) is 0 Å². The van der Waals surface area contributed by atoms with Crippen LogP contribution in [0.2, 0.25) is 0 Å². The molecule has 0 bridgehead atoms. The fourth-order valence-electron chi connectivity index (χ4n) is 2.19. The Morgan fingerprint density at radius 1 is 1.09 bits per heavy atom. The van der Waals surface area contributed by atoms with Crippen molar-refractivity contribution >= 4 is 17.9 Å². The fourth-order valence-corrected chi connectivity index (χ4v) is 2.19. The second-order valence-electron chi connectivity index (χ2n) is 5.12. The van der Waals surface area contributed by atoms with E-state index in [1.807, 2.05) is 31.2 Å². The van der Waals surface area contributed by atoms with Crippen molar-refractivity contribution in [2.45, 2.75) is 13.3 Å². The van der Waals surface area contributed by atoms with Gasteiger partial charge in [-0.25, -0.2) is 0 Å². The lowest BCUT2D eigenvalue weighted by Crippen LogP contribution is -2.15. The molecule has 2 aromatic carbocycles. The number of methoxy groups -OCH3 is 2. The predicted octanol–water partition coefficient (Wildman–Crippen LogP) is 3.01. The first kappa shape index (κ1) is 16.5. The quantitative estimate of drug-likeness (QED) is 0.833. The summed E-state index contributed by atoms with van der Waals surface area (Å²) in [6.45, 7) is 1.99. The zero-order valence-electron chi connectivity index (χ0n) is 13.4. The van der Waals surface area contributed by atoms with Crippen molar-refractivity contribution in [2.24, 2.45) is 0 Å². The Morgan fingerprint density at radius 3 is 2.26 bits per heavy atom. The van der Waals surface area contributed by atoms with E-state index in [0.717, 1.165) is 11.1 Å². The van der Waals surface area contributed by atoms with Crippen LogP contribution < -0.4 is 14.8 Å². The molecule has 120 valence electrons. The van der Waals surface area contributed by atoms with Gasteiger partial charge in [0, 0.05) is 11.6 Å². The van der Waals surface area contributed by atoms with Gasteiger partial charge >= 0.3 is 0 Å². The van der Waals surface area contributed by atoms with Crippen LogP contribution in [0.1, 0.15) is 21.5 Å². The Bertz CT molecular complexity index is 708. The van der Waals surface area contributed by atoms with Crippen LogP contribution in [0, 0.1) is 6.92 Å². The second-order valence-corrected chi connectivity index (χ2v) is 5.12. The molecule has 0 aromatic heterocycles. The van der Waals surface area contributed by atoms with Gasteiger partial charge in [-0.3, -0.25) is 9.59 Å². The molecule has 5 heteroatoms. The summed E-state index contributed by atoms with van der Waals surface area (Å²) < 4.78 is 10.3. The van der Waals surface area contributed by atoms with Crippen molar-refractivity contribution in [2.75, 3.05) is 19.5 Å². The van der Waals surface area contributed by atoms with Gasteiger partial charge < -0.3 is 14.8 Å². The summed E-state index contributed by atoms with van der Waals surface area (Å²) in [4.78, 5) is 23.4. The number of anilines is 1. The molecule has 0 fully saturated rings. The van der Waals surface area contributed by atoms with Gasteiger partial charge in [0.25, 0.3) is 0 Å². The highest BCUT2D eigenvalue weighted by molar-refractivity contribution is 5.98. The highest BCUT2D eigenvalue weighted by Crippen LogP contribution is 2.32. The topological polar surface area (TPSA) is 64.6 Å². The molecule has 2 rings (SSSR count). The fraction of sp³-hybridized carbons (Fsp3) is 0.222. The molecule has 23 heavy (non-hydrogen) atoms. The first-order chi connectivity index (χ1) is 11.1. The van der Waals surface area contributed by atoms with Crippen molar-refractivity contribution in [3.05, 3.63) is 53.1 Å². The number of nitrogens with one attached hydrogen (secondary N) is 1. The number of rotatable bonds is 6. The van der Waals surface area contributed by atoms with Crippen molar-refractivity contribution in [3.8, 4) is 11.5 Å². The zero-order valence-corrected chi connectivity index (χ0v) is 13.4. The van der Waals surface area contributed by atoms with Crippen LogP contribution in [0.15, 0.2) is 36.4 Å². The third-order valence-corrected chi connectivity index (χ3v) is 3.44. The summed E-state index contributed by atoms with van der Waals surface area (Å²) >= 11 is 0. The van der Waals surface area contributed by atoms with Crippen LogP contribution in [-0.2, 0) is 11.2 Å². The van der Waals surface area contributed by atoms with E-state index in [2.05, 4.69) is 5.32 Å². The van der Waals surface area contributed by atoms with Crippen molar-refractivity contribution < 1.29 is 19.1 Å². The summed E-state index contributed by atoms with van der Waals surface area (Å²) in [5.41, 5.74) is 2.77. The number of carbonyl (C=O) groups excluding carboxylic acids is 2. The Hall–Kier alpha value is -2.82. The van der Waals surface area contributed by atoms with Crippen LogP contribution in [-0.4, -0.2) is 26.4 Å². The predicted molar refractivity (Wildman–Crippen MR) is 88.4 cm³/mol. The summed E-state index contributed by atoms with van der Waals surface area (Å²) in [5, 5.41) is 2.74. The zero-order chi connectivity index (χ0) is 16.8. The normalized spacial score (nSPS) is 10.0. The third kappa shape index (κ3) is 4.10. The van der Waals surface area contributed by atoms with E-state index in [9.17, 15) is 9.59 Å². The van der Waals surface area contributed by atoms with E-state index in [0.29, 0.717) is 29.0 Å². The number of amides is 1. The molecular formula is C18H19NO4. The molecule has 0 saturated heterocycles. The molecule has 0 spiro atoms. The van der Waals surface area contributed by atoms with Gasteiger partial charge in [0.05, 0.1) is 26.3 Å². The molecule has 0 aliphatic carbocycles. The van der Waals surface area contributed by atoms with Crippen LogP contribution in [0.25, 0.3) is 0 Å². The summed E-state index contributed by atoms with van der Waals surface area (Å²) in [5.74, 6) is 0.680. The maximum Gasteiger partial charge on any atom is 0.228 e. The molecule has 1 N–H and O–H groups in total. The molecule has 0 heterocycles. The number of aldehydes is 1. The molecule has 5 nitrogen and oxygen atoms in total. The molecule has 0 unspecified atom stereocenters. The van der Waals surface area contributed by atoms with Gasteiger partial charge in [-0.05, 0) is 18.6 Å². The van der Waals surface area contributed by atoms with E-state index in [1.165, 1.54) is 20.3 Å². The lowest BCUT2D eigenvalue weighted by atomic mass is 10.1. The van der Waals surface area contributed by atoms with Gasteiger partial charge in [0.15, 0.2) is 17.8 Å². The maximum absolute atomic E-state index is 12.2. The second kappa shape index (κ2) is 7.45. The molecule has 0 aliphatic rings. The number of aryl methyl sites for hydroxylation is 1.